The second-order valence-electron chi connectivity index (χ2n) is 4.22. The summed E-state index contributed by atoms with van der Waals surface area (Å²) in [4.78, 5) is 8.00. The van der Waals surface area contributed by atoms with Crippen molar-refractivity contribution in [1.82, 2.24) is 9.78 Å². The maximum atomic E-state index is 14.1. The van der Waals surface area contributed by atoms with Crippen molar-refractivity contribution < 1.29 is 14.3 Å². The molecule has 2 N–H and O–H groups in total. The third kappa shape index (κ3) is 3.03. The summed E-state index contributed by atoms with van der Waals surface area (Å²) in [6.07, 6.45) is 0. The summed E-state index contributed by atoms with van der Waals surface area (Å²) < 4.78 is 15.7. The first-order chi connectivity index (χ1) is 9.56. The zero-order valence-electron chi connectivity index (χ0n) is 11.8. The number of aliphatic hydroxyl groups excluding tert-OH is 1. The van der Waals surface area contributed by atoms with Crippen LogP contribution in [0.1, 0.15) is 17.0 Å². The van der Waals surface area contributed by atoms with Crippen molar-refractivity contribution in [3.8, 4) is 5.69 Å². The minimum atomic E-state index is -0.405. The van der Waals surface area contributed by atoms with Gasteiger partial charge < -0.3 is 15.2 Å². The fourth-order valence-electron chi connectivity index (χ4n) is 2.01. The number of aryl methyl sites for hydroxylation is 2. The number of aliphatic hydroxyl groups is 1. The monoisotopic (exact) mass is 279 g/mol. The highest BCUT2D eigenvalue weighted by molar-refractivity contribution is 5.63. The van der Waals surface area contributed by atoms with Crippen molar-refractivity contribution in [2.75, 3.05) is 12.4 Å². The highest BCUT2D eigenvalue weighted by Gasteiger charge is 2.15. The number of rotatable bonds is 3. The van der Waals surface area contributed by atoms with Crippen molar-refractivity contribution in [3.05, 3.63) is 41.0 Å². The summed E-state index contributed by atoms with van der Waals surface area (Å²) in [5.41, 5.74) is 3.20. The van der Waals surface area contributed by atoms with E-state index < -0.39 is 5.82 Å². The van der Waals surface area contributed by atoms with Gasteiger partial charge in [0.05, 0.1) is 18.0 Å². The molecule has 0 aliphatic carbocycles. The van der Waals surface area contributed by atoms with E-state index in [2.05, 4.69) is 10.4 Å². The Balaban J connectivity index is 0.000000956. The molecule has 0 fully saturated rings. The molecule has 6 heteroatoms. The van der Waals surface area contributed by atoms with Crippen molar-refractivity contribution >= 4 is 12.5 Å². The van der Waals surface area contributed by atoms with Crippen LogP contribution in [0.25, 0.3) is 5.69 Å². The second kappa shape index (κ2) is 6.81. The molecule has 1 aromatic heterocycles. The Hall–Kier alpha value is -2.21. The Kier molecular flexibility index (Phi) is 5.40. The van der Waals surface area contributed by atoms with Gasteiger partial charge in [0.2, 0.25) is 0 Å². The van der Waals surface area contributed by atoms with Gasteiger partial charge in [0.1, 0.15) is 12.5 Å². The molecular formula is C14H18FN3O2. The van der Waals surface area contributed by atoms with E-state index in [-0.39, 0.29) is 6.61 Å². The van der Waals surface area contributed by atoms with Crippen LogP contribution in [0.3, 0.4) is 0 Å². The number of hydrogen-bond donors (Lipinski definition) is 2. The summed E-state index contributed by atoms with van der Waals surface area (Å²) in [6.45, 7) is 5.55. The first kappa shape index (κ1) is 15.8. The van der Waals surface area contributed by atoms with Gasteiger partial charge in [0, 0.05) is 12.7 Å². The summed E-state index contributed by atoms with van der Waals surface area (Å²) in [7, 11) is 1.71. The Labute approximate surface area is 117 Å². The van der Waals surface area contributed by atoms with E-state index in [1.807, 2.05) is 26.7 Å². The fourth-order valence-corrected chi connectivity index (χ4v) is 2.01. The average Bonchev–Trinajstić information content (AvgIpc) is 2.78. The summed E-state index contributed by atoms with van der Waals surface area (Å²) in [5.74, 6) is -0.405. The molecule has 2 aromatic rings. The summed E-state index contributed by atoms with van der Waals surface area (Å²) >= 11 is 0. The predicted molar refractivity (Wildman–Crippen MR) is 75.6 cm³/mol. The van der Waals surface area contributed by atoms with E-state index in [1.54, 1.807) is 17.8 Å². The van der Waals surface area contributed by atoms with Crippen molar-refractivity contribution in [1.29, 1.82) is 0 Å². The number of aromatic nitrogens is 2. The van der Waals surface area contributed by atoms with Gasteiger partial charge in [-0.3, -0.25) is 0 Å². The van der Waals surface area contributed by atoms with Crippen LogP contribution in [0.4, 0.5) is 10.1 Å². The first-order valence-corrected chi connectivity index (χ1v) is 6.00. The maximum Gasteiger partial charge on any atom is 0.151 e. The van der Waals surface area contributed by atoms with Gasteiger partial charge in [-0.1, -0.05) is 0 Å². The number of nitrogens with zero attached hydrogens (tertiary/aromatic N) is 2. The van der Waals surface area contributed by atoms with Gasteiger partial charge in [-0.2, -0.15) is 5.10 Å². The first-order valence-electron chi connectivity index (χ1n) is 6.00. The molecule has 0 amide bonds. The molecule has 0 unspecified atom stereocenters. The SMILES string of the molecule is C=O.CNc1cc(CO)cc(F)c1-n1nc(C)cc1C. The van der Waals surface area contributed by atoms with E-state index in [0.717, 1.165) is 11.4 Å². The number of carbonyl (C=O) groups is 1. The molecule has 1 heterocycles. The quantitative estimate of drug-likeness (QED) is 0.901. The molecule has 0 bridgehead atoms. The Morgan fingerprint density at radius 1 is 1.35 bits per heavy atom. The number of carbonyl (C=O) groups excluding carboxylic acids is 1. The molecule has 20 heavy (non-hydrogen) atoms. The molecule has 108 valence electrons. The summed E-state index contributed by atoms with van der Waals surface area (Å²) in [5, 5.41) is 16.3. The number of hydrogen-bond acceptors (Lipinski definition) is 4. The third-order valence-electron chi connectivity index (χ3n) is 2.80. The number of benzene rings is 1. The number of anilines is 1. The fraction of sp³-hybridized carbons (Fsp3) is 0.286. The lowest BCUT2D eigenvalue weighted by molar-refractivity contribution is -0.0979. The zero-order chi connectivity index (χ0) is 15.3. The van der Waals surface area contributed by atoms with Gasteiger partial charge >= 0.3 is 0 Å². The molecule has 0 saturated carbocycles. The Morgan fingerprint density at radius 3 is 2.45 bits per heavy atom. The average molecular weight is 279 g/mol. The lowest BCUT2D eigenvalue weighted by Gasteiger charge is -2.13. The van der Waals surface area contributed by atoms with Crippen LogP contribution in [0.2, 0.25) is 0 Å². The highest BCUT2D eigenvalue weighted by Crippen LogP contribution is 2.26. The second-order valence-corrected chi connectivity index (χ2v) is 4.22. The minimum absolute atomic E-state index is 0.191. The van der Waals surface area contributed by atoms with E-state index in [4.69, 9.17) is 9.90 Å². The largest absolute Gasteiger partial charge is 0.392 e. The van der Waals surface area contributed by atoms with Crippen molar-refractivity contribution in [2.24, 2.45) is 0 Å². The zero-order valence-corrected chi connectivity index (χ0v) is 11.8. The Bertz CT molecular complexity index is 596. The Morgan fingerprint density at radius 2 is 2.00 bits per heavy atom. The topological polar surface area (TPSA) is 67.2 Å². The lowest BCUT2D eigenvalue weighted by Crippen LogP contribution is -2.07. The van der Waals surface area contributed by atoms with Crippen LogP contribution < -0.4 is 5.32 Å². The standard InChI is InChI=1S/C13H16FN3O.CH2O/c1-8-4-9(2)17(16-8)13-11(14)5-10(7-18)6-12(13)15-3;1-2/h4-6,15,18H,7H2,1-3H3;1H2. The van der Waals surface area contributed by atoms with E-state index in [9.17, 15) is 4.39 Å². The van der Waals surface area contributed by atoms with Crippen LogP contribution in [0, 0.1) is 19.7 Å². The normalized spacial score (nSPS) is 9.85. The molecule has 0 radical (unpaired) electrons. The molecule has 1 aromatic carbocycles. The van der Waals surface area contributed by atoms with Gasteiger partial charge in [0.15, 0.2) is 5.82 Å². The maximum absolute atomic E-state index is 14.1. The van der Waals surface area contributed by atoms with Crippen LogP contribution in [0.15, 0.2) is 18.2 Å². The molecular weight excluding hydrogens is 261 g/mol. The molecule has 0 atom stereocenters. The molecule has 0 saturated heterocycles. The van der Waals surface area contributed by atoms with Gasteiger partial charge in [0.25, 0.3) is 0 Å². The smallest absolute Gasteiger partial charge is 0.151 e. The molecule has 0 aliphatic rings. The number of nitrogens with one attached hydrogen (secondary N) is 1. The van der Waals surface area contributed by atoms with Crippen LogP contribution in [-0.2, 0) is 11.4 Å². The summed E-state index contributed by atoms with van der Waals surface area (Å²) in [6, 6.07) is 4.93. The lowest BCUT2D eigenvalue weighted by atomic mass is 10.1. The molecule has 0 spiro atoms. The van der Waals surface area contributed by atoms with E-state index in [0.29, 0.717) is 16.9 Å². The van der Waals surface area contributed by atoms with Gasteiger partial charge in [-0.05, 0) is 37.6 Å². The minimum Gasteiger partial charge on any atom is -0.392 e. The molecule has 0 aliphatic heterocycles. The van der Waals surface area contributed by atoms with E-state index in [1.165, 1.54) is 6.07 Å². The third-order valence-corrected chi connectivity index (χ3v) is 2.80. The van der Waals surface area contributed by atoms with Crippen LogP contribution in [-0.4, -0.2) is 28.7 Å². The van der Waals surface area contributed by atoms with Crippen molar-refractivity contribution in [2.45, 2.75) is 20.5 Å². The van der Waals surface area contributed by atoms with Crippen molar-refractivity contribution in [3.63, 3.8) is 0 Å². The highest BCUT2D eigenvalue weighted by atomic mass is 19.1. The van der Waals surface area contributed by atoms with Crippen LogP contribution in [0.5, 0.6) is 0 Å². The number of halogens is 1. The van der Waals surface area contributed by atoms with Crippen LogP contribution >= 0.6 is 0 Å². The molecule has 2 rings (SSSR count). The van der Waals surface area contributed by atoms with Gasteiger partial charge in [-0.15, -0.1) is 0 Å². The van der Waals surface area contributed by atoms with Gasteiger partial charge in [-0.25, -0.2) is 9.07 Å². The van der Waals surface area contributed by atoms with E-state index >= 15 is 0 Å². The predicted octanol–water partition coefficient (Wildman–Crippen LogP) is 1.98. The molecule has 5 nitrogen and oxygen atoms in total.